The molecule has 1 aromatic carbocycles. The molecule has 0 amide bonds. The van der Waals surface area contributed by atoms with Crippen LogP contribution < -0.4 is 10.1 Å². The van der Waals surface area contributed by atoms with Gasteiger partial charge in [0.15, 0.2) is 0 Å². The first-order valence-electron chi connectivity index (χ1n) is 7.41. The molecule has 116 valence electrons. The summed E-state index contributed by atoms with van der Waals surface area (Å²) in [6.45, 7) is 4.50. The van der Waals surface area contributed by atoms with Gasteiger partial charge in [0.25, 0.3) is 0 Å². The molecule has 1 N–H and O–H groups in total. The van der Waals surface area contributed by atoms with Gasteiger partial charge in [0.2, 0.25) is 0 Å². The summed E-state index contributed by atoms with van der Waals surface area (Å²) in [7, 11) is 3.10. The lowest BCUT2D eigenvalue weighted by molar-refractivity contribution is -0.148. The van der Waals surface area contributed by atoms with Gasteiger partial charge in [-0.15, -0.1) is 0 Å². The van der Waals surface area contributed by atoms with Crippen molar-refractivity contribution < 1.29 is 14.3 Å². The second-order valence-corrected chi connectivity index (χ2v) is 6.59. The summed E-state index contributed by atoms with van der Waals surface area (Å²) in [6.07, 6.45) is 3.59. The molecule has 0 aliphatic heterocycles. The molecule has 0 bridgehead atoms. The number of carbonyl (C=O) groups is 1. The number of esters is 1. The number of carbonyl (C=O) groups excluding carboxylic acids is 1. The van der Waals surface area contributed by atoms with Crippen LogP contribution in [-0.2, 0) is 9.53 Å². The maximum atomic E-state index is 12.3. The molecule has 2 rings (SSSR count). The minimum Gasteiger partial charge on any atom is -0.497 e. The van der Waals surface area contributed by atoms with Crippen molar-refractivity contribution in [3.8, 4) is 5.75 Å². The monoisotopic (exact) mass is 291 g/mol. The summed E-state index contributed by atoms with van der Waals surface area (Å²) in [5.74, 6) is 0.631. The van der Waals surface area contributed by atoms with E-state index in [1.54, 1.807) is 7.11 Å². The quantitative estimate of drug-likeness (QED) is 0.861. The van der Waals surface area contributed by atoms with E-state index >= 15 is 0 Å². The van der Waals surface area contributed by atoms with Crippen LogP contribution in [0.1, 0.15) is 39.5 Å². The van der Waals surface area contributed by atoms with E-state index in [1.165, 1.54) is 7.11 Å². The molecule has 0 unspecified atom stereocenters. The van der Waals surface area contributed by atoms with Crippen molar-refractivity contribution >= 4 is 11.7 Å². The Morgan fingerprint density at radius 1 is 1.05 bits per heavy atom. The van der Waals surface area contributed by atoms with Crippen LogP contribution in [0.3, 0.4) is 0 Å². The van der Waals surface area contributed by atoms with Gasteiger partial charge in [0.05, 0.1) is 14.2 Å². The van der Waals surface area contributed by atoms with E-state index in [0.29, 0.717) is 5.41 Å². The molecule has 0 spiro atoms. The first-order valence-corrected chi connectivity index (χ1v) is 7.41. The van der Waals surface area contributed by atoms with E-state index in [4.69, 9.17) is 9.47 Å². The van der Waals surface area contributed by atoms with E-state index in [1.807, 2.05) is 24.3 Å². The van der Waals surface area contributed by atoms with Crippen molar-refractivity contribution in [1.29, 1.82) is 0 Å². The molecule has 0 saturated heterocycles. The molecule has 1 saturated carbocycles. The van der Waals surface area contributed by atoms with E-state index < -0.39 is 5.54 Å². The van der Waals surface area contributed by atoms with Crippen LogP contribution in [0.25, 0.3) is 0 Å². The number of ether oxygens (including phenoxy) is 2. The predicted octanol–water partition coefficient (Wildman–Crippen LogP) is 3.62. The maximum Gasteiger partial charge on any atom is 0.331 e. The highest BCUT2D eigenvalue weighted by Gasteiger charge is 2.44. The van der Waals surface area contributed by atoms with Crippen LogP contribution in [-0.4, -0.2) is 25.7 Å². The van der Waals surface area contributed by atoms with Gasteiger partial charge < -0.3 is 14.8 Å². The average Bonchev–Trinajstić information content (AvgIpc) is 2.49. The summed E-state index contributed by atoms with van der Waals surface area (Å²) >= 11 is 0. The van der Waals surface area contributed by atoms with Crippen molar-refractivity contribution in [1.82, 2.24) is 0 Å². The molecular weight excluding hydrogens is 266 g/mol. The van der Waals surface area contributed by atoms with Crippen LogP contribution in [0.4, 0.5) is 5.69 Å². The smallest absolute Gasteiger partial charge is 0.331 e. The van der Waals surface area contributed by atoms with Crippen LogP contribution in [0.15, 0.2) is 24.3 Å². The highest BCUT2D eigenvalue weighted by molar-refractivity contribution is 5.84. The Balaban J connectivity index is 2.18. The molecule has 0 radical (unpaired) electrons. The zero-order valence-electron chi connectivity index (χ0n) is 13.4. The Morgan fingerprint density at radius 3 is 2.10 bits per heavy atom. The van der Waals surface area contributed by atoms with Gasteiger partial charge in [-0.05, 0) is 55.4 Å². The third-order valence-electron chi connectivity index (χ3n) is 4.51. The van der Waals surface area contributed by atoms with E-state index in [2.05, 4.69) is 19.2 Å². The van der Waals surface area contributed by atoms with E-state index in [-0.39, 0.29) is 5.97 Å². The van der Waals surface area contributed by atoms with Crippen molar-refractivity contribution in [2.75, 3.05) is 19.5 Å². The summed E-state index contributed by atoms with van der Waals surface area (Å²) in [6, 6.07) is 7.65. The van der Waals surface area contributed by atoms with Crippen molar-refractivity contribution in [3.63, 3.8) is 0 Å². The fraction of sp³-hybridized carbons (Fsp3) is 0.588. The van der Waals surface area contributed by atoms with Gasteiger partial charge in [0.1, 0.15) is 11.3 Å². The molecule has 1 aliphatic rings. The number of anilines is 1. The van der Waals surface area contributed by atoms with Crippen LogP contribution >= 0.6 is 0 Å². The molecule has 1 aromatic rings. The lowest BCUT2D eigenvalue weighted by Gasteiger charge is -2.42. The average molecular weight is 291 g/mol. The lowest BCUT2D eigenvalue weighted by Crippen LogP contribution is -2.51. The Morgan fingerprint density at radius 2 is 1.62 bits per heavy atom. The van der Waals surface area contributed by atoms with Crippen molar-refractivity contribution in [2.24, 2.45) is 5.41 Å². The zero-order valence-corrected chi connectivity index (χ0v) is 13.4. The molecule has 4 nitrogen and oxygen atoms in total. The third-order valence-corrected chi connectivity index (χ3v) is 4.51. The summed E-state index contributed by atoms with van der Waals surface area (Å²) in [5.41, 5.74) is 0.596. The number of methoxy groups -OCH3 is 2. The SMILES string of the molecule is COC(=O)C1(Nc2ccc(OC)cc2)CCC(C)(C)CC1. The van der Waals surface area contributed by atoms with Crippen LogP contribution in [0.5, 0.6) is 5.75 Å². The molecule has 0 atom stereocenters. The number of nitrogens with one attached hydrogen (secondary N) is 1. The highest BCUT2D eigenvalue weighted by atomic mass is 16.5. The predicted molar refractivity (Wildman–Crippen MR) is 83.6 cm³/mol. The van der Waals surface area contributed by atoms with Gasteiger partial charge in [-0.25, -0.2) is 4.79 Å². The normalized spacial score (nSPS) is 19.6. The number of hydrogen-bond acceptors (Lipinski definition) is 4. The van der Waals surface area contributed by atoms with Gasteiger partial charge in [-0.1, -0.05) is 13.8 Å². The second kappa shape index (κ2) is 5.96. The van der Waals surface area contributed by atoms with E-state index in [9.17, 15) is 4.79 Å². The van der Waals surface area contributed by atoms with Crippen molar-refractivity contribution in [3.05, 3.63) is 24.3 Å². The molecule has 0 heterocycles. The zero-order chi connectivity index (χ0) is 15.5. The van der Waals surface area contributed by atoms with Gasteiger partial charge >= 0.3 is 5.97 Å². The first kappa shape index (κ1) is 15.7. The fourth-order valence-corrected chi connectivity index (χ4v) is 2.88. The molecule has 1 fully saturated rings. The topological polar surface area (TPSA) is 47.6 Å². The highest BCUT2D eigenvalue weighted by Crippen LogP contribution is 2.42. The molecule has 0 aromatic heterocycles. The van der Waals surface area contributed by atoms with Gasteiger partial charge in [-0.3, -0.25) is 0 Å². The van der Waals surface area contributed by atoms with Gasteiger partial charge in [0, 0.05) is 5.69 Å². The number of rotatable bonds is 4. The van der Waals surface area contributed by atoms with Crippen molar-refractivity contribution in [2.45, 2.75) is 45.1 Å². The fourth-order valence-electron chi connectivity index (χ4n) is 2.88. The maximum absolute atomic E-state index is 12.3. The largest absolute Gasteiger partial charge is 0.497 e. The minimum atomic E-state index is -0.612. The third kappa shape index (κ3) is 3.49. The first-order chi connectivity index (χ1) is 9.91. The van der Waals surface area contributed by atoms with Crippen LogP contribution in [0, 0.1) is 5.41 Å². The van der Waals surface area contributed by atoms with Gasteiger partial charge in [-0.2, -0.15) is 0 Å². The Kier molecular flexibility index (Phi) is 4.45. The number of benzene rings is 1. The second-order valence-electron chi connectivity index (χ2n) is 6.59. The lowest BCUT2D eigenvalue weighted by atomic mass is 9.69. The number of hydrogen-bond donors (Lipinski definition) is 1. The van der Waals surface area contributed by atoms with Crippen LogP contribution in [0.2, 0.25) is 0 Å². The Hall–Kier alpha value is -1.71. The molecular formula is C17H25NO3. The summed E-state index contributed by atoms with van der Waals surface area (Å²) < 4.78 is 10.2. The molecule has 21 heavy (non-hydrogen) atoms. The Labute approximate surface area is 126 Å². The minimum absolute atomic E-state index is 0.172. The molecule has 1 aliphatic carbocycles. The standard InChI is InChI=1S/C17H25NO3/c1-16(2)9-11-17(12-10-16,15(19)21-4)18-13-5-7-14(20-3)8-6-13/h5-8,18H,9-12H2,1-4H3. The Bertz CT molecular complexity index is 483. The summed E-state index contributed by atoms with van der Waals surface area (Å²) in [4.78, 5) is 12.3. The molecule has 4 heteroatoms. The van der Waals surface area contributed by atoms with E-state index in [0.717, 1.165) is 37.1 Å². The summed E-state index contributed by atoms with van der Waals surface area (Å²) in [5, 5.41) is 3.40.